The Morgan fingerprint density at radius 3 is 1.87 bits per heavy atom. The molecule has 1 fully saturated rings. The fourth-order valence-electron chi connectivity index (χ4n) is 5.85. The van der Waals surface area contributed by atoms with Crippen molar-refractivity contribution in [1.82, 2.24) is 47.4 Å². The normalized spacial score (nSPS) is 16.3. The number of carboxylic acid groups (broad SMARTS) is 1. The van der Waals surface area contributed by atoms with Crippen molar-refractivity contribution in [1.29, 1.82) is 5.41 Å². The summed E-state index contributed by atoms with van der Waals surface area (Å²) in [5.41, 5.74) is 15.9. The lowest BCUT2D eigenvalue weighted by Gasteiger charge is -2.29. The van der Waals surface area contributed by atoms with E-state index in [2.05, 4.69) is 67.8 Å². The first-order chi connectivity index (χ1) is 28.7. The molecule has 27 heteroatoms. The molecule has 1 aliphatic rings. The highest BCUT2D eigenvalue weighted by Gasteiger charge is 2.39. The minimum absolute atomic E-state index is 0.0352. The second kappa shape index (κ2) is 27.4. The molecule has 7 atom stereocenters. The van der Waals surface area contributed by atoms with E-state index < -0.39 is 128 Å². The van der Waals surface area contributed by atoms with E-state index in [1.165, 1.54) is 0 Å². The van der Waals surface area contributed by atoms with Crippen molar-refractivity contribution in [2.45, 2.75) is 94.7 Å². The van der Waals surface area contributed by atoms with Crippen molar-refractivity contribution in [2.75, 3.05) is 44.3 Å². The number of carboxylic acids is 1. The Morgan fingerprint density at radius 2 is 1.33 bits per heavy atom. The lowest BCUT2D eigenvalue weighted by molar-refractivity contribution is -0.144. The van der Waals surface area contributed by atoms with Gasteiger partial charge < -0.3 is 74.8 Å². The van der Waals surface area contributed by atoms with Crippen LogP contribution in [0.2, 0.25) is 0 Å². The van der Waals surface area contributed by atoms with Crippen LogP contribution in [-0.2, 0) is 47.9 Å². The molecule has 0 aromatic rings. The lowest BCUT2D eigenvalue weighted by Crippen LogP contribution is -2.59. The van der Waals surface area contributed by atoms with Crippen LogP contribution in [0.3, 0.4) is 0 Å². The number of aliphatic hydroxyl groups excluding tert-OH is 1. The Hall–Kier alpha value is -5.41. The van der Waals surface area contributed by atoms with Gasteiger partial charge in [-0.1, -0.05) is 13.8 Å². The van der Waals surface area contributed by atoms with E-state index in [9.17, 15) is 58.2 Å². The van der Waals surface area contributed by atoms with Crippen LogP contribution >= 0.6 is 25.3 Å². The smallest absolute Gasteiger partial charge is 0.305 e. The van der Waals surface area contributed by atoms with Crippen molar-refractivity contribution >= 4 is 90.4 Å². The van der Waals surface area contributed by atoms with E-state index in [0.717, 1.165) is 4.90 Å². The molecule has 0 bridgehead atoms. The average molecular weight is 906 g/mol. The molecular formula is C34H59N13O12S2. The van der Waals surface area contributed by atoms with Crippen molar-refractivity contribution < 1.29 is 58.2 Å². The Morgan fingerprint density at radius 1 is 0.754 bits per heavy atom. The predicted molar refractivity (Wildman–Crippen MR) is 223 cm³/mol. The Kier molecular flexibility index (Phi) is 24.1. The number of likely N-dealkylation sites (tertiary alicyclic amines) is 1. The summed E-state index contributed by atoms with van der Waals surface area (Å²) in [4.78, 5) is 129. The zero-order chi connectivity index (χ0) is 46.4. The molecular weight excluding hydrogens is 847 g/mol. The van der Waals surface area contributed by atoms with Crippen molar-refractivity contribution in [3.63, 3.8) is 0 Å². The molecule has 0 aromatic carbocycles. The number of carbonyl (C=O) groups excluding carboxylic acids is 9. The van der Waals surface area contributed by atoms with Gasteiger partial charge in [-0.15, -0.1) is 0 Å². The third-order valence-electron chi connectivity index (χ3n) is 8.91. The number of nitrogens with two attached hydrogens (primary N) is 3. The largest absolute Gasteiger partial charge is 0.481 e. The van der Waals surface area contributed by atoms with E-state index in [-0.39, 0.29) is 62.2 Å². The number of primary amides is 1. The van der Waals surface area contributed by atoms with Gasteiger partial charge in [-0.3, -0.25) is 53.4 Å². The summed E-state index contributed by atoms with van der Waals surface area (Å²) >= 11 is 8.05. The maximum atomic E-state index is 13.5. The summed E-state index contributed by atoms with van der Waals surface area (Å²) in [7, 11) is 0. The summed E-state index contributed by atoms with van der Waals surface area (Å²) in [6.07, 6.45) is -0.288. The van der Waals surface area contributed by atoms with Crippen molar-refractivity contribution in [2.24, 2.45) is 23.1 Å². The molecule has 25 nitrogen and oxygen atoms in total. The maximum Gasteiger partial charge on any atom is 0.305 e. The molecule has 0 saturated carbocycles. The molecule has 0 aliphatic carbocycles. The summed E-state index contributed by atoms with van der Waals surface area (Å²) in [5, 5.41) is 45.9. The van der Waals surface area contributed by atoms with Crippen LogP contribution in [-0.4, -0.2) is 167 Å². The number of amides is 9. The number of hydrogen-bond donors (Lipinski definition) is 16. The SMILES string of the molecule is CC(C)CC(NC(=O)C(CS)NC(=O)CN)C(=O)NC(CCCNC(=N)N)C(=O)NCC(=O)NC(CC(=O)O)C(=O)NC(CO)C(=O)N1CCC[C@H]1C(=O)NC(CS)C(N)=O. The fraction of sp³-hybridized carbons (Fsp3) is 0.676. The molecule has 0 aromatic heterocycles. The van der Waals surface area contributed by atoms with Crippen LogP contribution in [0.1, 0.15) is 52.4 Å². The standard InChI is InChI=1S/C34H59N13O12S2/c1-16(2)9-18(44-31(57)22(15-61)42-24(49)11-35)29(55)43-17(5-3-7-39-34(37)38)28(54)40-12-25(50)41-19(10-26(51)52)30(56)45-20(13-48)33(59)47-8-4-6-23(47)32(58)46-21(14-60)27(36)53/h16-23,48,60-61H,3-15,35H2,1-2H3,(H2,36,53)(H,40,54)(H,41,50)(H,42,49)(H,43,55)(H,44,57)(H,45,56)(H,46,58)(H,51,52)(H4,37,38,39)/t17?,18?,19?,20?,21?,22?,23-/m0/s1. The molecule has 344 valence electrons. The van der Waals surface area contributed by atoms with Gasteiger partial charge in [0.15, 0.2) is 5.96 Å². The van der Waals surface area contributed by atoms with Crippen LogP contribution in [0.4, 0.5) is 0 Å². The van der Waals surface area contributed by atoms with Crippen LogP contribution in [0, 0.1) is 11.3 Å². The molecule has 1 rings (SSSR count). The van der Waals surface area contributed by atoms with Crippen LogP contribution < -0.4 is 59.7 Å². The van der Waals surface area contributed by atoms with Gasteiger partial charge in [-0.25, -0.2) is 0 Å². The fourth-order valence-corrected chi connectivity index (χ4v) is 6.38. The number of rotatable bonds is 27. The monoisotopic (exact) mass is 905 g/mol. The van der Waals surface area contributed by atoms with E-state index >= 15 is 0 Å². The van der Waals surface area contributed by atoms with E-state index in [4.69, 9.17) is 22.6 Å². The highest BCUT2D eigenvalue weighted by atomic mass is 32.1. The summed E-state index contributed by atoms with van der Waals surface area (Å²) in [6.45, 7) is 1.45. The summed E-state index contributed by atoms with van der Waals surface area (Å²) < 4.78 is 0. The number of aliphatic carboxylic acids is 1. The molecule has 1 heterocycles. The molecule has 0 radical (unpaired) electrons. The number of nitrogens with one attached hydrogen (secondary N) is 9. The first-order valence-corrected chi connectivity index (χ1v) is 20.5. The van der Waals surface area contributed by atoms with Crippen molar-refractivity contribution in [3.05, 3.63) is 0 Å². The van der Waals surface area contributed by atoms with Gasteiger partial charge >= 0.3 is 5.97 Å². The maximum absolute atomic E-state index is 13.5. The highest BCUT2D eigenvalue weighted by molar-refractivity contribution is 7.80. The Balaban J connectivity index is 3.12. The molecule has 6 unspecified atom stereocenters. The zero-order valence-electron chi connectivity index (χ0n) is 33.9. The number of thiol groups is 2. The first-order valence-electron chi connectivity index (χ1n) is 19.2. The van der Waals surface area contributed by atoms with E-state index in [1.54, 1.807) is 13.8 Å². The summed E-state index contributed by atoms with van der Waals surface area (Å²) in [5.74, 6) is -10.2. The van der Waals surface area contributed by atoms with E-state index in [0.29, 0.717) is 6.42 Å². The molecule has 0 spiro atoms. The quantitative estimate of drug-likeness (QED) is 0.0158. The van der Waals surface area contributed by atoms with Gasteiger partial charge in [0.1, 0.15) is 42.3 Å². The minimum atomic E-state index is -1.84. The molecule has 1 aliphatic heterocycles. The molecule has 9 amide bonds. The van der Waals surface area contributed by atoms with Gasteiger partial charge in [0, 0.05) is 24.6 Å². The van der Waals surface area contributed by atoms with Crippen molar-refractivity contribution in [3.8, 4) is 0 Å². The average Bonchev–Trinajstić information content (AvgIpc) is 3.70. The zero-order valence-corrected chi connectivity index (χ0v) is 35.7. The molecule has 61 heavy (non-hydrogen) atoms. The van der Waals surface area contributed by atoms with Crippen LogP contribution in [0.25, 0.3) is 0 Å². The Bertz CT molecular complexity index is 1610. The second-order valence-corrected chi connectivity index (χ2v) is 15.0. The third kappa shape index (κ3) is 19.2. The van der Waals surface area contributed by atoms with Gasteiger partial charge in [0.2, 0.25) is 53.2 Å². The first kappa shape index (κ1) is 53.6. The van der Waals surface area contributed by atoms with Crippen LogP contribution in [0.15, 0.2) is 0 Å². The predicted octanol–water partition coefficient (Wildman–Crippen LogP) is -6.92. The van der Waals surface area contributed by atoms with Gasteiger partial charge in [-0.05, 0) is 38.0 Å². The number of nitrogens with zero attached hydrogens (tertiary/aromatic N) is 1. The van der Waals surface area contributed by atoms with Gasteiger partial charge in [0.05, 0.1) is 26.1 Å². The topological polar surface area (TPSA) is 413 Å². The van der Waals surface area contributed by atoms with Gasteiger partial charge in [0.25, 0.3) is 0 Å². The molecule has 17 N–H and O–H groups in total. The highest BCUT2D eigenvalue weighted by Crippen LogP contribution is 2.19. The summed E-state index contributed by atoms with van der Waals surface area (Å²) in [6, 6.07) is -9.45. The third-order valence-corrected chi connectivity index (χ3v) is 9.64. The van der Waals surface area contributed by atoms with E-state index in [1.807, 2.05) is 0 Å². The van der Waals surface area contributed by atoms with Gasteiger partial charge in [-0.2, -0.15) is 25.3 Å². The number of carbonyl (C=O) groups is 10. The molecule has 1 saturated heterocycles. The number of guanidine groups is 1. The number of aliphatic hydroxyl groups is 1. The second-order valence-electron chi connectivity index (χ2n) is 14.3. The lowest BCUT2D eigenvalue weighted by atomic mass is 10.0. The van der Waals surface area contributed by atoms with Crippen LogP contribution in [0.5, 0.6) is 0 Å². The number of hydrogen-bond acceptors (Lipinski definition) is 15. The Labute approximate surface area is 362 Å². The minimum Gasteiger partial charge on any atom is -0.481 e.